The summed E-state index contributed by atoms with van der Waals surface area (Å²) in [4.78, 5) is 23.7. The maximum atomic E-state index is 11.5. The highest BCUT2D eigenvalue weighted by atomic mass is 32.1. The molecule has 0 aliphatic carbocycles. The molecule has 0 bridgehead atoms. The van der Waals surface area contributed by atoms with Crippen molar-refractivity contribution in [1.29, 1.82) is 0 Å². The molecule has 146 valence electrons. The van der Waals surface area contributed by atoms with E-state index in [4.69, 9.17) is 0 Å². The summed E-state index contributed by atoms with van der Waals surface area (Å²) >= 11 is 1.50. The van der Waals surface area contributed by atoms with Crippen molar-refractivity contribution in [2.24, 2.45) is 0 Å². The SMILES string of the molecule is CC(C)(Nc1ncc([N+](=O)[O-])c(Nc2ccc3ncsc3c2)n1)c1ccccc1. The van der Waals surface area contributed by atoms with Gasteiger partial charge in [0.2, 0.25) is 11.8 Å². The van der Waals surface area contributed by atoms with Gasteiger partial charge in [0, 0.05) is 5.69 Å². The van der Waals surface area contributed by atoms with Crippen LogP contribution in [0.5, 0.6) is 0 Å². The number of hydrogen-bond acceptors (Lipinski definition) is 8. The van der Waals surface area contributed by atoms with Crippen LogP contribution in [0.3, 0.4) is 0 Å². The Labute approximate surface area is 170 Å². The molecule has 2 aromatic heterocycles. The Morgan fingerprint density at radius 2 is 1.90 bits per heavy atom. The molecule has 0 amide bonds. The maximum Gasteiger partial charge on any atom is 0.329 e. The van der Waals surface area contributed by atoms with Crippen LogP contribution >= 0.6 is 11.3 Å². The van der Waals surface area contributed by atoms with Crippen molar-refractivity contribution in [2.45, 2.75) is 19.4 Å². The van der Waals surface area contributed by atoms with Gasteiger partial charge in [0.05, 0.1) is 26.2 Å². The third-order valence-corrected chi connectivity index (χ3v) is 5.27. The molecule has 8 nitrogen and oxygen atoms in total. The van der Waals surface area contributed by atoms with E-state index in [0.29, 0.717) is 11.6 Å². The standard InChI is InChI=1S/C20H18N6O2S/c1-20(2,13-6-4-3-5-7-13)25-19-21-11-16(26(27)28)18(24-19)23-14-8-9-15-17(10-14)29-12-22-15/h3-12H,1-2H3,(H2,21,23,24,25). The van der Waals surface area contributed by atoms with E-state index in [0.717, 1.165) is 15.8 Å². The predicted octanol–water partition coefficient (Wildman–Crippen LogP) is 5.09. The quantitative estimate of drug-likeness (QED) is 0.339. The second-order valence-electron chi connectivity index (χ2n) is 6.96. The molecular weight excluding hydrogens is 388 g/mol. The van der Waals surface area contributed by atoms with Crippen LogP contribution in [0.1, 0.15) is 19.4 Å². The van der Waals surface area contributed by atoms with Gasteiger partial charge in [-0.2, -0.15) is 4.98 Å². The first-order valence-corrected chi connectivity index (χ1v) is 9.76. The third-order valence-electron chi connectivity index (χ3n) is 4.48. The number of rotatable bonds is 6. The molecule has 0 spiro atoms. The van der Waals surface area contributed by atoms with Crippen molar-refractivity contribution in [3.8, 4) is 0 Å². The molecule has 0 aliphatic heterocycles. The second-order valence-corrected chi connectivity index (χ2v) is 7.85. The number of aromatic nitrogens is 3. The summed E-state index contributed by atoms with van der Waals surface area (Å²) in [6.07, 6.45) is 1.21. The first-order valence-electron chi connectivity index (χ1n) is 8.88. The number of anilines is 3. The molecule has 0 fully saturated rings. The molecule has 2 heterocycles. The molecule has 4 aromatic rings. The van der Waals surface area contributed by atoms with Gasteiger partial charge in [-0.15, -0.1) is 11.3 Å². The molecule has 0 radical (unpaired) electrons. The predicted molar refractivity (Wildman–Crippen MR) is 115 cm³/mol. The van der Waals surface area contributed by atoms with Crippen LogP contribution in [-0.4, -0.2) is 19.9 Å². The Bertz CT molecular complexity index is 1180. The van der Waals surface area contributed by atoms with Gasteiger partial charge in [-0.05, 0) is 37.6 Å². The van der Waals surface area contributed by atoms with Crippen molar-refractivity contribution in [3.63, 3.8) is 0 Å². The van der Waals surface area contributed by atoms with E-state index in [1.54, 1.807) is 5.51 Å². The fraction of sp³-hybridized carbons (Fsp3) is 0.150. The number of hydrogen-bond donors (Lipinski definition) is 2. The summed E-state index contributed by atoms with van der Waals surface area (Å²) in [5.41, 5.74) is 3.72. The van der Waals surface area contributed by atoms with Gasteiger partial charge < -0.3 is 10.6 Å². The molecule has 29 heavy (non-hydrogen) atoms. The molecule has 0 saturated heterocycles. The summed E-state index contributed by atoms with van der Waals surface area (Å²) in [5.74, 6) is 0.422. The number of fused-ring (bicyclic) bond motifs is 1. The number of nitrogens with one attached hydrogen (secondary N) is 2. The Balaban J connectivity index is 1.66. The number of nitrogens with zero attached hydrogens (tertiary/aromatic N) is 4. The van der Waals surface area contributed by atoms with Gasteiger partial charge in [-0.25, -0.2) is 9.97 Å². The van der Waals surface area contributed by atoms with Crippen LogP contribution in [0, 0.1) is 10.1 Å². The summed E-state index contributed by atoms with van der Waals surface area (Å²) in [6, 6.07) is 15.4. The van der Waals surface area contributed by atoms with Crippen LogP contribution in [0.2, 0.25) is 0 Å². The lowest BCUT2D eigenvalue weighted by Gasteiger charge is -2.27. The molecule has 0 atom stereocenters. The normalized spacial score (nSPS) is 11.4. The smallest absolute Gasteiger partial charge is 0.329 e. The summed E-state index contributed by atoms with van der Waals surface area (Å²) in [5, 5.41) is 17.8. The minimum Gasteiger partial charge on any atom is -0.345 e. The van der Waals surface area contributed by atoms with Crippen LogP contribution in [-0.2, 0) is 5.54 Å². The lowest BCUT2D eigenvalue weighted by Crippen LogP contribution is -2.29. The molecule has 0 aliphatic rings. The van der Waals surface area contributed by atoms with E-state index in [1.807, 2.05) is 62.4 Å². The van der Waals surface area contributed by atoms with E-state index >= 15 is 0 Å². The fourth-order valence-electron chi connectivity index (χ4n) is 2.94. The largest absolute Gasteiger partial charge is 0.345 e. The first kappa shape index (κ1) is 18.8. The van der Waals surface area contributed by atoms with E-state index in [9.17, 15) is 10.1 Å². The van der Waals surface area contributed by atoms with Gasteiger partial charge >= 0.3 is 5.69 Å². The zero-order valence-electron chi connectivity index (χ0n) is 15.8. The van der Waals surface area contributed by atoms with Gasteiger partial charge in [-0.3, -0.25) is 10.1 Å². The zero-order valence-corrected chi connectivity index (χ0v) is 16.6. The third kappa shape index (κ3) is 3.99. The maximum absolute atomic E-state index is 11.5. The van der Waals surface area contributed by atoms with Crippen LogP contribution in [0.25, 0.3) is 10.2 Å². The van der Waals surface area contributed by atoms with Crippen molar-refractivity contribution in [3.05, 3.63) is 75.9 Å². The Morgan fingerprint density at radius 1 is 1.10 bits per heavy atom. The molecule has 9 heteroatoms. The van der Waals surface area contributed by atoms with Gasteiger partial charge in [0.15, 0.2) is 0 Å². The van der Waals surface area contributed by atoms with Crippen LogP contribution in [0.15, 0.2) is 60.2 Å². The van der Waals surface area contributed by atoms with Crippen molar-refractivity contribution in [2.75, 3.05) is 10.6 Å². The first-order chi connectivity index (χ1) is 13.9. The zero-order chi connectivity index (χ0) is 20.4. The monoisotopic (exact) mass is 406 g/mol. The molecule has 2 aromatic carbocycles. The molecule has 4 rings (SSSR count). The second kappa shape index (κ2) is 7.44. The minimum absolute atomic E-state index is 0.125. The molecule has 0 saturated carbocycles. The highest BCUT2D eigenvalue weighted by Crippen LogP contribution is 2.30. The number of thiazole rings is 1. The lowest BCUT2D eigenvalue weighted by atomic mass is 9.95. The number of benzene rings is 2. The van der Waals surface area contributed by atoms with Crippen molar-refractivity contribution in [1.82, 2.24) is 15.0 Å². The van der Waals surface area contributed by atoms with E-state index in [1.165, 1.54) is 17.5 Å². The highest BCUT2D eigenvalue weighted by molar-refractivity contribution is 7.16. The lowest BCUT2D eigenvalue weighted by molar-refractivity contribution is -0.384. The van der Waals surface area contributed by atoms with Gasteiger partial charge in [0.1, 0.15) is 6.20 Å². The van der Waals surface area contributed by atoms with E-state index < -0.39 is 10.5 Å². The Hall–Kier alpha value is -3.59. The number of nitro groups is 1. The summed E-state index contributed by atoms with van der Waals surface area (Å²) in [7, 11) is 0. The molecule has 0 unspecified atom stereocenters. The highest BCUT2D eigenvalue weighted by Gasteiger charge is 2.24. The average molecular weight is 406 g/mol. The van der Waals surface area contributed by atoms with Gasteiger partial charge in [0.25, 0.3) is 0 Å². The Morgan fingerprint density at radius 3 is 2.66 bits per heavy atom. The fourth-order valence-corrected chi connectivity index (χ4v) is 3.65. The average Bonchev–Trinajstić information content (AvgIpc) is 3.16. The van der Waals surface area contributed by atoms with Gasteiger partial charge in [-0.1, -0.05) is 30.3 Å². The van der Waals surface area contributed by atoms with Crippen LogP contribution < -0.4 is 10.6 Å². The summed E-state index contributed by atoms with van der Waals surface area (Å²) < 4.78 is 0.982. The van der Waals surface area contributed by atoms with E-state index in [-0.39, 0.29) is 11.5 Å². The topological polar surface area (TPSA) is 106 Å². The summed E-state index contributed by atoms with van der Waals surface area (Å²) in [6.45, 7) is 4.00. The van der Waals surface area contributed by atoms with E-state index in [2.05, 4.69) is 25.6 Å². The van der Waals surface area contributed by atoms with Crippen molar-refractivity contribution >= 4 is 44.7 Å². The minimum atomic E-state index is -0.500. The molecule has 2 N–H and O–H groups in total. The van der Waals surface area contributed by atoms with Crippen molar-refractivity contribution < 1.29 is 4.92 Å². The van der Waals surface area contributed by atoms with Crippen LogP contribution in [0.4, 0.5) is 23.1 Å². The molecular formula is C20H18N6O2S. The Kier molecular flexibility index (Phi) is 4.81.